The van der Waals surface area contributed by atoms with Gasteiger partial charge in [-0.2, -0.15) is 0 Å². The molecule has 4 rings (SSSR count). The molecule has 0 aliphatic carbocycles. The smallest absolute Gasteiger partial charge is 0.253 e. The van der Waals surface area contributed by atoms with Crippen molar-refractivity contribution in [3.05, 3.63) is 34.1 Å². The molecule has 1 atom stereocenters. The number of thiocarbonyl (C=S) groups is 1. The fraction of sp³-hybridized carbons (Fsp3) is 0.545. The zero-order valence-electron chi connectivity index (χ0n) is 18.1. The molecule has 1 saturated heterocycles. The molecule has 2 aliphatic heterocycles. The van der Waals surface area contributed by atoms with Crippen LogP contribution in [0.3, 0.4) is 0 Å². The third kappa shape index (κ3) is 5.47. The number of rotatable bonds is 8. The van der Waals surface area contributed by atoms with Crippen LogP contribution in [0.4, 0.5) is 0 Å². The molecule has 0 radical (unpaired) electrons. The number of ether oxygens (including phenoxy) is 3. The van der Waals surface area contributed by atoms with Gasteiger partial charge in [0.05, 0.1) is 18.2 Å². The van der Waals surface area contributed by atoms with Crippen LogP contribution in [-0.4, -0.2) is 73.1 Å². The summed E-state index contributed by atoms with van der Waals surface area (Å²) in [6.07, 6.45) is 3.20. The molecule has 0 saturated carbocycles. The Morgan fingerprint density at radius 3 is 2.81 bits per heavy atom. The van der Waals surface area contributed by atoms with Gasteiger partial charge in [-0.1, -0.05) is 0 Å². The van der Waals surface area contributed by atoms with E-state index < -0.39 is 0 Å². The third-order valence-electron chi connectivity index (χ3n) is 5.57. The van der Waals surface area contributed by atoms with E-state index in [-0.39, 0.29) is 18.5 Å². The summed E-state index contributed by atoms with van der Waals surface area (Å²) < 4.78 is 16.7. The van der Waals surface area contributed by atoms with E-state index in [1.54, 1.807) is 0 Å². The summed E-state index contributed by atoms with van der Waals surface area (Å²) in [7, 11) is 4.11. The van der Waals surface area contributed by atoms with Crippen LogP contribution in [0.15, 0.2) is 23.0 Å². The molecular weight excluding hydrogens is 416 g/mol. The maximum absolute atomic E-state index is 12.8. The number of H-pyrrole nitrogens is 1. The summed E-state index contributed by atoms with van der Waals surface area (Å²) in [6.45, 7) is 3.84. The Labute approximate surface area is 187 Å². The van der Waals surface area contributed by atoms with Crippen molar-refractivity contribution < 1.29 is 14.2 Å². The number of benzene rings is 1. The normalized spacial score (nSPS) is 17.5. The van der Waals surface area contributed by atoms with Crippen molar-refractivity contribution in [2.75, 3.05) is 47.1 Å². The number of hydrogen-bond donors (Lipinski definition) is 2. The molecule has 8 nitrogen and oxygen atoms in total. The number of nitrogens with zero attached hydrogens (tertiary/aromatic N) is 2. The predicted octanol–water partition coefficient (Wildman–Crippen LogP) is 2.06. The number of fused-ring (bicyclic) bond motifs is 2. The molecule has 1 unspecified atom stereocenters. The van der Waals surface area contributed by atoms with Gasteiger partial charge in [0.1, 0.15) is 0 Å². The first-order valence-electron chi connectivity index (χ1n) is 10.7. The molecule has 3 heterocycles. The van der Waals surface area contributed by atoms with Crippen molar-refractivity contribution in [2.24, 2.45) is 0 Å². The molecule has 2 aromatic rings. The quantitative estimate of drug-likeness (QED) is 0.471. The van der Waals surface area contributed by atoms with Crippen LogP contribution in [0.1, 0.15) is 24.8 Å². The van der Waals surface area contributed by atoms with Gasteiger partial charge in [0, 0.05) is 36.7 Å². The van der Waals surface area contributed by atoms with Gasteiger partial charge in [0.15, 0.2) is 16.6 Å². The van der Waals surface area contributed by atoms with Gasteiger partial charge in [-0.15, -0.1) is 0 Å². The standard InChI is InChI=1S/C22H30N4O4S/c1-25(2)7-4-6-23-22(31)26(13-17-5-3-8-28-17)12-16-9-15-10-19-20(30-14-29-19)11-18(15)24-21(16)27/h9-11,17H,3-8,12-14H2,1-2H3,(H,23,31)(H,24,27). The number of aromatic nitrogens is 1. The van der Waals surface area contributed by atoms with Crippen molar-refractivity contribution in [3.63, 3.8) is 0 Å². The van der Waals surface area contributed by atoms with Crippen LogP contribution in [-0.2, 0) is 11.3 Å². The molecule has 1 aromatic heterocycles. The first-order valence-corrected chi connectivity index (χ1v) is 11.1. The molecule has 0 amide bonds. The Kier molecular flexibility index (Phi) is 6.94. The van der Waals surface area contributed by atoms with E-state index in [1.807, 2.05) is 23.1 Å². The summed E-state index contributed by atoms with van der Waals surface area (Å²) in [4.78, 5) is 20.0. The molecule has 31 heavy (non-hydrogen) atoms. The van der Waals surface area contributed by atoms with Crippen molar-refractivity contribution in [1.29, 1.82) is 0 Å². The summed E-state index contributed by atoms with van der Waals surface area (Å²) in [5.74, 6) is 1.35. The molecular formula is C22H30N4O4S. The molecule has 0 bridgehead atoms. The summed E-state index contributed by atoms with van der Waals surface area (Å²) >= 11 is 5.69. The zero-order chi connectivity index (χ0) is 21.8. The maximum Gasteiger partial charge on any atom is 0.253 e. The van der Waals surface area contributed by atoms with Crippen LogP contribution < -0.4 is 20.3 Å². The summed E-state index contributed by atoms with van der Waals surface area (Å²) in [5.41, 5.74) is 1.26. The Hall–Kier alpha value is -2.36. The van der Waals surface area contributed by atoms with Crippen LogP contribution in [0.2, 0.25) is 0 Å². The Balaban J connectivity index is 1.51. The lowest BCUT2D eigenvalue weighted by molar-refractivity contribution is 0.0897. The average Bonchev–Trinajstić information content (AvgIpc) is 3.40. The highest BCUT2D eigenvalue weighted by Crippen LogP contribution is 2.35. The summed E-state index contributed by atoms with van der Waals surface area (Å²) in [6, 6.07) is 5.62. The van der Waals surface area contributed by atoms with E-state index in [0.717, 1.165) is 49.9 Å². The Bertz CT molecular complexity index is 987. The van der Waals surface area contributed by atoms with Gasteiger partial charge in [-0.25, -0.2) is 0 Å². The molecule has 0 spiro atoms. The van der Waals surface area contributed by atoms with Crippen molar-refractivity contribution >= 4 is 28.2 Å². The van der Waals surface area contributed by atoms with Crippen LogP contribution in [0, 0.1) is 0 Å². The first-order chi connectivity index (χ1) is 15.0. The Morgan fingerprint density at radius 2 is 2.06 bits per heavy atom. The molecule has 9 heteroatoms. The van der Waals surface area contributed by atoms with E-state index in [9.17, 15) is 4.79 Å². The van der Waals surface area contributed by atoms with Gasteiger partial charge < -0.3 is 34.3 Å². The van der Waals surface area contributed by atoms with Crippen LogP contribution >= 0.6 is 12.2 Å². The van der Waals surface area contributed by atoms with Gasteiger partial charge in [0.25, 0.3) is 5.56 Å². The zero-order valence-corrected chi connectivity index (χ0v) is 18.9. The first kappa shape index (κ1) is 21.9. The largest absolute Gasteiger partial charge is 0.454 e. The monoisotopic (exact) mass is 446 g/mol. The van der Waals surface area contributed by atoms with Gasteiger partial charge in [-0.3, -0.25) is 4.79 Å². The highest BCUT2D eigenvalue weighted by atomic mass is 32.1. The van der Waals surface area contributed by atoms with Gasteiger partial charge in [0.2, 0.25) is 6.79 Å². The van der Waals surface area contributed by atoms with Crippen molar-refractivity contribution in [2.45, 2.75) is 31.9 Å². The van der Waals surface area contributed by atoms with E-state index in [1.165, 1.54) is 0 Å². The number of aromatic amines is 1. The SMILES string of the molecule is CN(C)CCCNC(=S)N(Cc1cc2cc3c(cc2[nH]c1=O)OCO3)CC1CCCO1. The van der Waals surface area contributed by atoms with Crippen molar-refractivity contribution in [3.8, 4) is 11.5 Å². The van der Waals surface area contributed by atoms with E-state index in [2.05, 4.69) is 29.3 Å². The fourth-order valence-electron chi connectivity index (χ4n) is 3.92. The fourth-order valence-corrected chi connectivity index (χ4v) is 4.16. The average molecular weight is 447 g/mol. The summed E-state index contributed by atoms with van der Waals surface area (Å²) in [5, 5.41) is 4.91. The lowest BCUT2D eigenvalue weighted by Crippen LogP contribution is -2.44. The number of pyridine rings is 1. The molecule has 1 aromatic carbocycles. The van der Waals surface area contributed by atoms with Gasteiger partial charge in [-0.05, 0) is 64.3 Å². The highest BCUT2D eigenvalue weighted by molar-refractivity contribution is 7.80. The highest BCUT2D eigenvalue weighted by Gasteiger charge is 2.22. The lowest BCUT2D eigenvalue weighted by Gasteiger charge is -2.28. The van der Waals surface area contributed by atoms with Crippen LogP contribution in [0.5, 0.6) is 11.5 Å². The van der Waals surface area contributed by atoms with E-state index in [0.29, 0.717) is 35.3 Å². The topological polar surface area (TPSA) is 79.1 Å². The lowest BCUT2D eigenvalue weighted by atomic mass is 10.1. The number of hydrogen-bond acceptors (Lipinski definition) is 6. The second-order valence-corrected chi connectivity index (χ2v) is 8.71. The minimum Gasteiger partial charge on any atom is -0.454 e. The van der Waals surface area contributed by atoms with E-state index >= 15 is 0 Å². The van der Waals surface area contributed by atoms with Gasteiger partial charge >= 0.3 is 0 Å². The molecule has 2 N–H and O–H groups in total. The predicted molar refractivity (Wildman–Crippen MR) is 124 cm³/mol. The van der Waals surface area contributed by atoms with E-state index in [4.69, 9.17) is 26.4 Å². The second-order valence-electron chi connectivity index (χ2n) is 8.32. The molecule has 1 fully saturated rings. The molecule has 2 aliphatic rings. The number of nitrogens with one attached hydrogen (secondary N) is 2. The maximum atomic E-state index is 12.8. The minimum absolute atomic E-state index is 0.126. The molecule has 168 valence electrons. The Morgan fingerprint density at radius 1 is 1.26 bits per heavy atom. The van der Waals surface area contributed by atoms with Crippen LogP contribution in [0.25, 0.3) is 10.9 Å². The minimum atomic E-state index is -0.126. The second kappa shape index (κ2) is 9.84. The third-order valence-corrected chi connectivity index (χ3v) is 5.97. The van der Waals surface area contributed by atoms with Crippen molar-refractivity contribution in [1.82, 2.24) is 20.1 Å².